The highest BCUT2D eigenvalue weighted by molar-refractivity contribution is 5.54. The number of hydrogen-bond acceptors (Lipinski definition) is 4. The smallest absolute Gasteiger partial charge is 0.128 e. The van der Waals surface area contributed by atoms with Crippen LogP contribution in [0.3, 0.4) is 0 Å². The van der Waals surface area contributed by atoms with Crippen LogP contribution in [0, 0.1) is 0 Å². The lowest BCUT2D eigenvalue weighted by molar-refractivity contribution is 0.260. The van der Waals surface area contributed by atoms with E-state index in [1.165, 1.54) is 29.7 Å². The number of nitrogens with one attached hydrogen (secondary N) is 1. The van der Waals surface area contributed by atoms with Gasteiger partial charge in [-0.25, -0.2) is 4.98 Å². The first-order valence-electron chi connectivity index (χ1n) is 9.12. The van der Waals surface area contributed by atoms with Gasteiger partial charge in [-0.1, -0.05) is 18.2 Å². The van der Waals surface area contributed by atoms with E-state index in [1.807, 2.05) is 12.3 Å². The minimum absolute atomic E-state index is 1.07. The number of benzene rings is 1. The number of anilines is 2. The van der Waals surface area contributed by atoms with E-state index >= 15 is 0 Å². The summed E-state index contributed by atoms with van der Waals surface area (Å²) in [5.74, 6) is 1.11. The summed E-state index contributed by atoms with van der Waals surface area (Å²) in [7, 11) is 0. The van der Waals surface area contributed by atoms with E-state index in [4.69, 9.17) is 0 Å². The number of aromatic nitrogens is 1. The van der Waals surface area contributed by atoms with Gasteiger partial charge in [-0.05, 0) is 48.6 Å². The summed E-state index contributed by atoms with van der Waals surface area (Å²) < 4.78 is 0. The van der Waals surface area contributed by atoms with Crippen LogP contribution < -0.4 is 10.2 Å². The van der Waals surface area contributed by atoms with Gasteiger partial charge in [0.1, 0.15) is 5.82 Å². The Morgan fingerprint density at radius 1 is 1.04 bits per heavy atom. The molecule has 2 aromatic rings. The Hall–Kier alpha value is -2.07. The molecular weight excluding hydrogens is 296 g/mol. The number of rotatable bonds is 4. The molecule has 1 aromatic heterocycles. The molecule has 0 saturated carbocycles. The van der Waals surface area contributed by atoms with Crippen molar-refractivity contribution >= 4 is 11.5 Å². The molecule has 0 radical (unpaired) electrons. The van der Waals surface area contributed by atoms with Gasteiger partial charge in [0.05, 0.1) is 0 Å². The molecule has 0 atom stereocenters. The molecule has 4 heteroatoms. The fraction of sp³-hybridized carbons (Fsp3) is 0.450. The number of fused-ring (bicyclic) bond motifs is 1. The summed E-state index contributed by atoms with van der Waals surface area (Å²) in [4.78, 5) is 9.43. The lowest BCUT2D eigenvalue weighted by Gasteiger charge is -2.35. The van der Waals surface area contributed by atoms with Crippen molar-refractivity contribution in [2.45, 2.75) is 19.3 Å². The molecule has 2 aliphatic heterocycles. The molecule has 0 spiro atoms. The number of aryl methyl sites for hydroxylation is 1. The summed E-state index contributed by atoms with van der Waals surface area (Å²) >= 11 is 0. The van der Waals surface area contributed by atoms with E-state index in [1.54, 1.807) is 0 Å². The minimum Gasteiger partial charge on any atom is -0.385 e. The Kier molecular flexibility index (Phi) is 4.65. The zero-order chi connectivity index (χ0) is 16.2. The first kappa shape index (κ1) is 15.5. The monoisotopic (exact) mass is 322 g/mol. The second kappa shape index (κ2) is 7.22. The van der Waals surface area contributed by atoms with Gasteiger partial charge in [0, 0.05) is 51.2 Å². The molecule has 3 heterocycles. The number of hydrogen-bond donors (Lipinski definition) is 1. The highest BCUT2D eigenvalue weighted by atomic mass is 15.3. The lowest BCUT2D eigenvalue weighted by atomic mass is 9.99. The Morgan fingerprint density at radius 2 is 1.96 bits per heavy atom. The zero-order valence-corrected chi connectivity index (χ0v) is 14.2. The third-order valence-corrected chi connectivity index (χ3v) is 5.17. The van der Waals surface area contributed by atoms with Crippen molar-refractivity contribution < 1.29 is 0 Å². The SMILES string of the molecule is c1ccc(N2CCN(CCc3ccc4c(c3)CCCN4)CC2)nc1. The van der Waals surface area contributed by atoms with Crippen LogP contribution in [0.2, 0.25) is 0 Å². The van der Waals surface area contributed by atoms with Crippen LogP contribution in [0.1, 0.15) is 17.5 Å². The molecule has 4 rings (SSSR count). The Labute approximate surface area is 144 Å². The Balaban J connectivity index is 1.28. The average Bonchev–Trinajstić information content (AvgIpc) is 2.67. The van der Waals surface area contributed by atoms with E-state index in [0.29, 0.717) is 0 Å². The summed E-state index contributed by atoms with van der Waals surface area (Å²) in [6, 6.07) is 13.1. The molecule has 0 amide bonds. The fourth-order valence-electron chi connectivity index (χ4n) is 3.71. The molecule has 2 aliphatic rings. The van der Waals surface area contributed by atoms with Gasteiger partial charge >= 0.3 is 0 Å². The minimum atomic E-state index is 1.07. The normalized spacial score (nSPS) is 18.1. The molecular formula is C20H26N4. The largest absolute Gasteiger partial charge is 0.385 e. The van der Waals surface area contributed by atoms with Gasteiger partial charge < -0.3 is 10.2 Å². The topological polar surface area (TPSA) is 31.4 Å². The molecule has 126 valence electrons. The van der Waals surface area contributed by atoms with Crippen LogP contribution in [0.4, 0.5) is 11.5 Å². The van der Waals surface area contributed by atoms with Crippen LogP contribution in [0.15, 0.2) is 42.6 Å². The first-order valence-corrected chi connectivity index (χ1v) is 9.12. The van der Waals surface area contributed by atoms with Gasteiger partial charge in [-0.15, -0.1) is 0 Å². The van der Waals surface area contributed by atoms with Crippen LogP contribution in [-0.2, 0) is 12.8 Å². The van der Waals surface area contributed by atoms with Crippen LogP contribution in [-0.4, -0.2) is 49.2 Å². The maximum atomic E-state index is 4.46. The van der Waals surface area contributed by atoms with Crippen molar-refractivity contribution in [3.05, 3.63) is 53.7 Å². The summed E-state index contributed by atoms with van der Waals surface area (Å²) in [5.41, 5.74) is 4.32. The van der Waals surface area contributed by atoms with Crippen molar-refractivity contribution in [2.24, 2.45) is 0 Å². The Bertz CT molecular complexity index is 663. The average molecular weight is 322 g/mol. The van der Waals surface area contributed by atoms with Gasteiger partial charge in [0.2, 0.25) is 0 Å². The maximum Gasteiger partial charge on any atom is 0.128 e. The zero-order valence-electron chi connectivity index (χ0n) is 14.2. The van der Waals surface area contributed by atoms with E-state index in [0.717, 1.165) is 51.5 Å². The summed E-state index contributed by atoms with van der Waals surface area (Å²) in [6.45, 7) is 6.68. The molecule has 0 aliphatic carbocycles. The number of nitrogens with zero attached hydrogens (tertiary/aromatic N) is 3. The molecule has 0 unspecified atom stereocenters. The molecule has 1 saturated heterocycles. The van der Waals surface area contributed by atoms with E-state index in [9.17, 15) is 0 Å². The predicted octanol–water partition coefficient (Wildman–Crippen LogP) is 2.80. The van der Waals surface area contributed by atoms with Gasteiger partial charge in [-0.3, -0.25) is 4.90 Å². The molecule has 1 N–H and O–H groups in total. The third-order valence-electron chi connectivity index (χ3n) is 5.17. The fourth-order valence-corrected chi connectivity index (χ4v) is 3.71. The standard InChI is InChI=1S/C20H26N4/c1-2-9-22-20(5-1)24-14-12-23(13-15-24)11-8-17-6-7-19-18(16-17)4-3-10-21-19/h1-2,5-7,9,16,21H,3-4,8,10-15H2. The van der Waals surface area contributed by atoms with Crippen LogP contribution >= 0.6 is 0 Å². The maximum absolute atomic E-state index is 4.46. The van der Waals surface area contributed by atoms with Crippen molar-refractivity contribution in [1.82, 2.24) is 9.88 Å². The van der Waals surface area contributed by atoms with Crippen LogP contribution in [0.5, 0.6) is 0 Å². The second-order valence-electron chi connectivity index (χ2n) is 6.79. The van der Waals surface area contributed by atoms with E-state index in [-0.39, 0.29) is 0 Å². The number of piperazine rings is 1. The molecule has 0 bridgehead atoms. The Morgan fingerprint density at radius 3 is 2.79 bits per heavy atom. The van der Waals surface area contributed by atoms with Crippen molar-refractivity contribution in [2.75, 3.05) is 49.5 Å². The van der Waals surface area contributed by atoms with Crippen molar-refractivity contribution in [3.63, 3.8) is 0 Å². The highest BCUT2D eigenvalue weighted by Crippen LogP contribution is 2.23. The van der Waals surface area contributed by atoms with Crippen molar-refractivity contribution in [3.8, 4) is 0 Å². The molecule has 1 aromatic carbocycles. The molecule has 4 nitrogen and oxygen atoms in total. The molecule has 24 heavy (non-hydrogen) atoms. The predicted molar refractivity (Wildman–Crippen MR) is 99.8 cm³/mol. The second-order valence-corrected chi connectivity index (χ2v) is 6.79. The number of pyridine rings is 1. The quantitative estimate of drug-likeness (QED) is 0.938. The van der Waals surface area contributed by atoms with Gasteiger partial charge in [-0.2, -0.15) is 0 Å². The van der Waals surface area contributed by atoms with E-state index in [2.05, 4.69) is 50.4 Å². The summed E-state index contributed by atoms with van der Waals surface area (Å²) in [5, 5.41) is 3.49. The highest BCUT2D eigenvalue weighted by Gasteiger charge is 2.17. The lowest BCUT2D eigenvalue weighted by Crippen LogP contribution is -2.47. The van der Waals surface area contributed by atoms with Gasteiger partial charge in [0.25, 0.3) is 0 Å². The van der Waals surface area contributed by atoms with Crippen LogP contribution in [0.25, 0.3) is 0 Å². The molecule has 1 fully saturated rings. The first-order chi connectivity index (χ1) is 11.9. The van der Waals surface area contributed by atoms with Crippen molar-refractivity contribution in [1.29, 1.82) is 0 Å². The summed E-state index contributed by atoms with van der Waals surface area (Å²) in [6.07, 6.45) is 5.51. The van der Waals surface area contributed by atoms with E-state index < -0.39 is 0 Å². The third kappa shape index (κ3) is 3.54. The van der Waals surface area contributed by atoms with Gasteiger partial charge in [0.15, 0.2) is 0 Å².